The molecule has 0 fully saturated rings. The van der Waals surface area contributed by atoms with Gasteiger partial charge in [-0.2, -0.15) is 4.98 Å². The Morgan fingerprint density at radius 2 is 1.93 bits per heavy atom. The molecule has 0 unspecified atom stereocenters. The van der Waals surface area contributed by atoms with E-state index in [-0.39, 0.29) is 31.3 Å². The summed E-state index contributed by atoms with van der Waals surface area (Å²) in [5.74, 6) is 0.565. The molecule has 140 valence electrons. The zero-order valence-electron chi connectivity index (χ0n) is 15.4. The standard InChI is InChI=1S/C20H22N4O3/c1-3-17-22-19(27-23-17)13-24(2)20(26)12-21-18(25)11-15-9-6-8-14-7-4-5-10-16(14)15/h4-10H,3,11-13H2,1-2H3,(H,21,25). The van der Waals surface area contributed by atoms with Crippen LogP contribution in [0, 0.1) is 0 Å². The van der Waals surface area contributed by atoms with Crippen LogP contribution in [0.15, 0.2) is 47.0 Å². The van der Waals surface area contributed by atoms with Crippen molar-refractivity contribution in [1.29, 1.82) is 0 Å². The lowest BCUT2D eigenvalue weighted by molar-refractivity contribution is -0.132. The molecule has 2 amide bonds. The number of hydrogen-bond donors (Lipinski definition) is 1. The maximum Gasteiger partial charge on any atom is 0.246 e. The van der Waals surface area contributed by atoms with E-state index in [0.717, 1.165) is 16.3 Å². The van der Waals surface area contributed by atoms with Gasteiger partial charge in [-0.25, -0.2) is 0 Å². The highest BCUT2D eigenvalue weighted by Gasteiger charge is 2.15. The Hall–Kier alpha value is -3.22. The molecule has 0 aliphatic heterocycles. The second-order valence-corrected chi connectivity index (χ2v) is 6.30. The van der Waals surface area contributed by atoms with Gasteiger partial charge in [-0.15, -0.1) is 0 Å². The minimum atomic E-state index is -0.225. The van der Waals surface area contributed by atoms with E-state index in [9.17, 15) is 9.59 Å². The largest absolute Gasteiger partial charge is 0.347 e. The van der Waals surface area contributed by atoms with Gasteiger partial charge in [-0.1, -0.05) is 54.5 Å². The quantitative estimate of drug-likeness (QED) is 0.692. The van der Waals surface area contributed by atoms with Gasteiger partial charge < -0.3 is 14.7 Å². The van der Waals surface area contributed by atoms with Crippen molar-refractivity contribution in [2.24, 2.45) is 0 Å². The van der Waals surface area contributed by atoms with E-state index in [0.29, 0.717) is 18.1 Å². The number of likely N-dealkylation sites (N-methyl/N-ethyl adjacent to an activating group) is 1. The first-order valence-corrected chi connectivity index (χ1v) is 8.85. The summed E-state index contributed by atoms with van der Waals surface area (Å²) in [6, 6.07) is 13.8. The third-order valence-electron chi connectivity index (χ3n) is 4.29. The van der Waals surface area contributed by atoms with Gasteiger partial charge in [-0.05, 0) is 16.3 Å². The number of fused-ring (bicyclic) bond motifs is 1. The van der Waals surface area contributed by atoms with Crippen LogP contribution in [-0.4, -0.2) is 40.4 Å². The number of carbonyl (C=O) groups is 2. The number of hydrogen-bond acceptors (Lipinski definition) is 5. The summed E-state index contributed by atoms with van der Waals surface area (Å²) in [6.45, 7) is 2.06. The third kappa shape index (κ3) is 4.69. The Labute approximate surface area is 157 Å². The minimum absolute atomic E-state index is 0.0745. The second-order valence-electron chi connectivity index (χ2n) is 6.30. The zero-order valence-corrected chi connectivity index (χ0v) is 15.4. The van der Waals surface area contributed by atoms with Crippen LogP contribution in [0.3, 0.4) is 0 Å². The van der Waals surface area contributed by atoms with Gasteiger partial charge in [0.15, 0.2) is 5.82 Å². The maximum atomic E-state index is 12.3. The Balaban J connectivity index is 1.52. The van der Waals surface area contributed by atoms with E-state index in [1.165, 1.54) is 4.90 Å². The molecular formula is C20H22N4O3. The van der Waals surface area contributed by atoms with Crippen LogP contribution in [0.1, 0.15) is 24.2 Å². The van der Waals surface area contributed by atoms with Gasteiger partial charge in [0.25, 0.3) is 0 Å². The molecule has 3 rings (SSSR count). The molecule has 0 atom stereocenters. The van der Waals surface area contributed by atoms with Gasteiger partial charge >= 0.3 is 0 Å². The van der Waals surface area contributed by atoms with E-state index < -0.39 is 0 Å². The Bertz CT molecular complexity index is 946. The summed E-state index contributed by atoms with van der Waals surface area (Å²) < 4.78 is 5.08. The number of benzene rings is 2. The molecule has 0 aliphatic rings. The fourth-order valence-corrected chi connectivity index (χ4v) is 2.78. The predicted molar refractivity (Wildman–Crippen MR) is 101 cm³/mol. The van der Waals surface area contributed by atoms with Crippen molar-refractivity contribution in [3.63, 3.8) is 0 Å². The average molecular weight is 366 g/mol. The molecule has 0 radical (unpaired) electrons. The van der Waals surface area contributed by atoms with Crippen LogP contribution in [-0.2, 0) is 29.0 Å². The Morgan fingerprint density at radius 1 is 1.15 bits per heavy atom. The Kier molecular flexibility index (Phi) is 5.80. The number of aromatic nitrogens is 2. The van der Waals surface area contributed by atoms with Crippen LogP contribution in [0.5, 0.6) is 0 Å². The lowest BCUT2D eigenvalue weighted by atomic mass is 10.0. The van der Waals surface area contributed by atoms with E-state index in [2.05, 4.69) is 15.5 Å². The van der Waals surface area contributed by atoms with Crippen molar-refractivity contribution in [3.8, 4) is 0 Å². The van der Waals surface area contributed by atoms with E-state index in [4.69, 9.17) is 4.52 Å². The summed E-state index contributed by atoms with van der Waals surface area (Å²) >= 11 is 0. The highest BCUT2D eigenvalue weighted by Crippen LogP contribution is 2.18. The molecule has 2 aromatic carbocycles. The molecule has 0 bridgehead atoms. The number of amides is 2. The van der Waals surface area contributed by atoms with Crippen molar-refractivity contribution in [1.82, 2.24) is 20.4 Å². The Morgan fingerprint density at radius 3 is 2.70 bits per heavy atom. The molecule has 0 spiro atoms. The molecule has 1 aromatic heterocycles. The lowest BCUT2D eigenvalue weighted by Gasteiger charge is -2.15. The lowest BCUT2D eigenvalue weighted by Crippen LogP contribution is -2.38. The van der Waals surface area contributed by atoms with Crippen LogP contribution in [0.2, 0.25) is 0 Å². The zero-order chi connectivity index (χ0) is 19.2. The van der Waals surface area contributed by atoms with Gasteiger partial charge in [0.05, 0.1) is 19.5 Å². The topological polar surface area (TPSA) is 88.3 Å². The first-order valence-electron chi connectivity index (χ1n) is 8.85. The predicted octanol–water partition coefficient (Wildman–Crippen LogP) is 2.10. The molecule has 0 saturated heterocycles. The van der Waals surface area contributed by atoms with E-state index in [1.54, 1.807) is 7.05 Å². The number of aryl methyl sites for hydroxylation is 1. The highest BCUT2D eigenvalue weighted by atomic mass is 16.5. The van der Waals surface area contributed by atoms with Crippen LogP contribution in [0.25, 0.3) is 10.8 Å². The summed E-state index contributed by atoms with van der Waals surface area (Å²) in [5.41, 5.74) is 0.935. The summed E-state index contributed by atoms with van der Waals surface area (Å²) in [4.78, 5) is 30.1. The molecule has 1 N–H and O–H groups in total. The molecule has 27 heavy (non-hydrogen) atoms. The SMILES string of the molecule is CCc1noc(CN(C)C(=O)CNC(=O)Cc2cccc3ccccc23)n1. The molecular weight excluding hydrogens is 344 g/mol. The normalized spacial score (nSPS) is 10.7. The third-order valence-corrected chi connectivity index (χ3v) is 4.29. The summed E-state index contributed by atoms with van der Waals surface area (Å²) in [5, 5.41) is 8.61. The number of rotatable bonds is 7. The first-order chi connectivity index (χ1) is 13.1. The van der Waals surface area contributed by atoms with Crippen LogP contribution < -0.4 is 5.32 Å². The molecule has 3 aromatic rings. The maximum absolute atomic E-state index is 12.3. The molecule has 7 heteroatoms. The van der Waals surface area contributed by atoms with Crippen LogP contribution in [0.4, 0.5) is 0 Å². The fraction of sp³-hybridized carbons (Fsp3) is 0.300. The molecule has 1 heterocycles. The fourth-order valence-electron chi connectivity index (χ4n) is 2.78. The summed E-state index contributed by atoms with van der Waals surface area (Å²) in [6.07, 6.45) is 0.896. The van der Waals surface area contributed by atoms with Gasteiger partial charge in [0.2, 0.25) is 17.7 Å². The summed E-state index contributed by atoms with van der Waals surface area (Å²) in [7, 11) is 1.63. The molecule has 0 aliphatic carbocycles. The van der Waals surface area contributed by atoms with Gasteiger partial charge in [0, 0.05) is 13.5 Å². The smallest absolute Gasteiger partial charge is 0.246 e. The average Bonchev–Trinajstić information content (AvgIpc) is 3.14. The monoisotopic (exact) mass is 366 g/mol. The number of carbonyl (C=O) groups excluding carboxylic acids is 2. The number of nitrogens with one attached hydrogen (secondary N) is 1. The van der Waals surface area contributed by atoms with E-state index in [1.807, 2.05) is 49.4 Å². The van der Waals surface area contributed by atoms with E-state index >= 15 is 0 Å². The van der Waals surface area contributed by atoms with Gasteiger partial charge in [-0.3, -0.25) is 9.59 Å². The minimum Gasteiger partial charge on any atom is -0.347 e. The highest BCUT2D eigenvalue weighted by molar-refractivity contribution is 5.91. The van der Waals surface area contributed by atoms with Crippen molar-refractivity contribution in [2.45, 2.75) is 26.3 Å². The number of nitrogens with zero attached hydrogens (tertiary/aromatic N) is 3. The van der Waals surface area contributed by atoms with Crippen molar-refractivity contribution >= 4 is 22.6 Å². The molecule has 0 saturated carbocycles. The van der Waals surface area contributed by atoms with Gasteiger partial charge in [0.1, 0.15) is 0 Å². The second kappa shape index (κ2) is 8.44. The van der Waals surface area contributed by atoms with Crippen LogP contribution >= 0.6 is 0 Å². The first kappa shape index (κ1) is 18.6. The van der Waals surface area contributed by atoms with Crippen molar-refractivity contribution in [2.75, 3.05) is 13.6 Å². The van der Waals surface area contributed by atoms with Crippen molar-refractivity contribution in [3.05, 3.63) is 59.7 Å². The molecule has 7 nitrogen and oxygen atoms in total. The van der Waals surface area contributed by atoms with Crippen molar-refractivity contribution < 1.29 is 14.1 Å².